The van der Waals surface area contributed by atoms with Gasteiger partial charge in [-0.25, -0.2) is 19.6 Å². The number of carbonyl (C=O) groups is 6. The predicted octanol–water partition coefficient (Wildman–Crippen LogP) is 14.3. The Labute approximate surface area is 676 Å². The van der Waals surface area contributed by atoms with Gasteiger partial charge < -0.3 is 40.4 Å². The van der Waals surface area contributed by atoms with Crippen molar-refractivity contribution in [3.63, 3.8) is 0 Å². The highest BCUT2D eigenvalue weighted by atomic mass is 19.4. The van der Waals surface area contributed by atoms with Gasteiger partial charge in [-0.1, -0.05) is 30.3 Å². The summed E-state index contributed by atoms with van der Waals surface area (Å²) < 4.78 is 88.0. The summed E-state index contributed by atoms with van der Waals surface area (Å²) in [5.74, 6) is -1.75. The van der Waals surface area contributed by atoms with Crippen molar-refractivity contribution < 1.29 is 65.3 Å². The van der Waals surface area contributed by atoms with E-state index >= 15 is 0 Å². The Balaban J connectivity index is 0.590. The summed E-state index contributed by atoms with van der Waals surface area (Å²) in [5, 5.41) is 51.0. The zero-order chi connectivity index (χ0) is 82.7. The van der Waals surface area contributed by atoms with E-state index in [2.05, 4.69) is 93.1 Å². The summed E-state index contributed by atoms with van der Waals surface area (Å²) >= 11 is 0. The molecule has 0 spiro atoms. The third kappa shape index (κ3) is 17.1. The minimum atomic E-state index is -4.86. The molecule has 10 heterocycles. The van der Waals surface area contributed by atoms with Crippen molar-refractivity contribution in [3.8, 4) is 0 Å². The van der Waals surface area contributed by atoms with Gasteiger partial charge in [0.15, 0.2) is 0 Å². The molecule has 2 unspecified atom stereocenters. The van der Waals surface area contributed by atoms with Crippen LogP contribution in [0.1, 0.15) is 172 Å². The number of nitrogens with one attached hydrogen (secondary N) is 4. The van der Waals surface area contributed by atoms with E-state index in [1.807, 2.05) is 46.2 Å². The van der Waals surface area contributed by atoms with E-state index in [9.17, 15) is 65.3 Å². The van der Waals surface area contributed by atoms with Gasteiger partial charge in [-0.05, 0) is 196 Å². The topological polar surface area (TPSA) is 298 Å². The Morgan fingerprint density at radius 3 is 1.41 bits per heavy atom. The summed E-state index contributed by atoms with van der Waals surface area (Å²) in [5.41, 5.74) is -2.89. The number of pyridine rings is 4. The third-order valence-corrected chi connectivity index (χ3v) is 25.1. The first-order valence-corrected chi connectivity index (χ1v) is 40.5. The zero-order valence-corrected chi connectivity index (χ0v) is 66.0. The highest BCUT2D eigenvalue weighted by Crippen LogP contribution is 2.45. The number of fused-ring (bicyclic) bond motifs is 4. The maximum Gasteiger partial charge on any atom is 0.433 e. The molecule has 2 aliphatic carbocycles. The van der Waals surface area contributed by atoms with Gasteiger partial charge in [-0.15, -0.1) is 0 Å². The van der Waals surface area contributed by atoms with Crippen LogP contribution in [0.3, 0.4) is 0 Å². The van der Waals surface area contributed by atoms with Crippen molar-refractivity contribution in [1.82, 2.24) is 59.9 Å². The molecule has 6 N–H and O–H groups in total. The molecule has 6 aliphatic rings. The van der Waals surface area contributed by atoms with Gasteiger partial charge in [-0.2, -0.15) is 36.5 Å². The van der Waals surface area contributed by atoms with Gasteiger partial charge in [-0.3, -0.25) is 58.9 Å². The average Bonchev–Trinajstić information content (AvgIpc) is 1.23. The van der Waals surface area contributed by atoms with Crippen molar-refractivity contribution in [3.05, 3.63) is 168 Å². The number of rotatable bonds is 21. The summed E-state index contributed by atoms with van der Waals surface area (Å²) in [7, 11) is 4.39. The highest BCUT2D eigenvalue weighted by molar-refractivity contribution is 6.12. The Morgan fingerprint density at radius 1 is 0.492 bits per heavy atom. The Morgan fingerprint density at radius 2 is 0.941 bits per heavy atom. The number of piperidine rings is 2. The van der Waals surface area contributed by atoms with Crippen molar-refractivity contribution >= 4 is 113 Å². The number of aliphatic hydroxyl groups is 2. The molecule has 118 heavy (non-hydrogen) atoms. The number of imide groups is 2. The fourth-order valence-electron chi connectivity index (χ4n) is 18.4. The van der Waals surface area contributed by atoms with Gasteiger partial charge in [0.25, 0.3) is 11.8 Å². The van der Waals surface area contributed by atoms with E-state index in [1.54, 1.807) is 52.7 Å². The Kier molecular flexibility index (Phi) is 22.2. The number of amides is 8. The molecule has 6 aromatic heterocycles. The number of carbonyl (C=O) groups excluding carboxylic acids is 6. The van der Waals surface area contributed by atoms with Crippen molar-refractivity contribution in [2.75, 3.05) is 96.7 Å². The van der Waals surface area contributed by atoms with E-state index in [-0.39, 0.29) is 85.2 Å². The maximum atomic E-state index is 14.2. The molecule has 4 saturated heterocycles. The average molecular weight is 1620 g/mol. The van der Waals surface area contributed by atoms with E-state index in [1.165, 1.54) is 13.8 Å². The molecule has 0 radical (unpaired) electrons. The molecule has 10 aromatic rings. The van der Waals surface area contributed by atoms with E-state index in [0.717, 1.165) is 186 Å². The molecule has 4 aromatic carbocycles. The minimum absolute atomic E-state index is 0.00920. The van der Waals surface area contributed by atoms with E-state index in [0.29, 0.717) is 57.1 Å². The molecule has 16 rings (SSSR count). The molecular formula is C86H94F6N18O8. The largest absolute Gasteiger partial charge is 0.433 e. The molecule has 32 heteroatoms. The first kappa shape index (κ1) is 80.6. The lowest BCUT2D eigenvalue weighted by molar-refractivity contribution is -0.142. The van der Waals surface area contributed by atoms with Crippen LogP contribution in [0.2, 0.25) is 0 Å². The number of urea groups is 2. The van der Waals surface area contributed by atoms with Crippen LogP contribution in [0.4, 0.5) is 70.1 Å². The SMILES string of the molecule is CN(CC1CCC(n2cc3cc(NC(=O)c4cccc(C(F)(F)F)n4)c(C(C)(O)CCC(C)(O)c4cc5nn(C6CCC(CN(C)C7CCN(c8cccc9c(N%10CCC(=O)NC%10=O)cncc89)CC7)CC6)cc5cc4NC(=O)c4cccc(C(F)(F)F)n4)cc3n2)CC1)C1CCN(c2ccc3c(N4CCC(=O)NC4=O)cncc3c2)CC1. The Hall–Kier alpha value is -11.2. The zero-order valence-electron chi connectivity index (χ0n) is 66.0. The number of hydrogen-bond acceptors (Lipinski definition) is 18. The van der Waals surface area contributed by atoms with Crippen LogP contribution in [-0.4, -0.2) is 174 Å². The van der Waals surface area contributed by atoms with Crippen LogP contribution < -0.4 is 40.9 Å². The second-order valence-corrected chi connectivity index (χ2v) is 33.2. The lowest BCUT2D eigenvalue weighted by Crippen LogP contribution is -2.49. The van der Waals surface area contributed by atoms with Crippen LogP contribution in [-0.2, 0) is 33.1 Å². The molecular weight excluding hydrogens is 1530 g/mol. The first-order valence-electron chi connectivity index (χ1n) is 40.5. The minimum Gasteiger partial charge on any atom is -0.385 e. The van der Waals surface area contributed by atoms with E-state index < -0.39 is 70.2 Å². The first-order chi connectivity index (χ1) is 56.4. The number of alkyl halides is 6. The highest BCUT2D eigenvalue weighted by Gasteiger charge is 2.40. The van der Waals surface area contributed by atoms with Gasteiger partial charge in [0.05, 0.1) is 58.1 Å². The molecule has 2 atom stereocenters. The molecule has 4 aliphatic heterocycles. The fourth-order valence-corrected chi connectivity index (χ4v) is 18.4. The van der Waals surface area contributed by atoms with Crippen molar-refractivity contribution in [2.45, 2.75) is 164 Å². The monoisotopic (exact) mass is 1620 g/mol. The van der Waals surface area contributed by atoms with Crippen molar-refractivity contribution in [2.24, 2.45) is 11.8 Å². The maximum absolute atomic E-state index is 14.2. The Bertz CT molecular complexity index is 5510. The third-order valence-electron chi connectivity index (χ3n) is 25.1. The molecule has 618 valence electrons. The smallest absolute Gasteiger partial charge is 0.385 e. The molecule has 8 amide bonds. The number of anilines is 6. The van der Waals surface area contributed by atoms with Gasteiger partial charge >= 0.3 is 24.4 Å². The summed E-state index contributed by atoms with van der Waals surface area (Å²) in [6.45, 7) is 8.70. The fraction of sp³-hybridized carbons (Fsp3) is 0.442. The lowest BCUT2D eigenvalue weighted by atomic mass is 9.82. The van der Waals surface area contributed by atoms with Gasteiger partial charge in [0.2, 0.25) is 11.8 Å². The van der Waals surface area contributed by atoms with Crippen LogP contribution in [0.5, 0.6) is 0 Å². The van der Waals surface area contributed by atoms with E-state index in [4.69, 9.17) is 10.2 Å². The number of hydrogen-bond donors (Lipinski definition) is 6. The number of aromatic nitrogens is 8. The molecule has 2 saturated carbocycles. The summed E-state index contributed by atoms with van der Waals surface area (Å²) in [4.78, 5) is 107. The quantitative estimate of drug-likeness (QED) is 0.0364. The van der Waals surface area contributed by atoms with Crippen LogP contribution >= 0.6 is 0 Å². The van der Waals surface area contributed by atoms with Crippen LogP contribution in [0, 0.1) is 11.8 Å². The van der Waals surface area contributed by atoms with Crippen molar-refractivity contribution in [1.29, 1.82) is 0 Å². The normalized spacial score (nSPS) is 20.8. The molecule has 6 fully saturated rings. The van der Waals surface area contributed by atoms with Gasteiger partial charge in [0.1, 0.15) is 22.8 Å². The number of nitrogens with zero attached hydrogens (tertiary/aromatic N) is 14. The lowest BCUT2D eigenvalue weighted by Gasteiger charge is -2.40. The second-order valence-electron chi connectivity index (χ2n) is 33.2. The second kappa shape index (κ2) is 32.6. The predicted molar refractivity (Wildman–Crippen MR) is 434 cm³/mol. The number of benzene rings is 4. The summed E-state index contributed by atoms with van der Waals surface area (Å²) in [6, 6.07) is 24.5. The standard InChI is InChI=1S/C86H94F6N18O8/c1-83(117,64-41-68-54(39-70(64)97-79(113)66-9-6-12-75(95-66)85(87,88)89)49-109(101-68)58-18-14-51(15-19-58)47-103(3)56-24-32-105(33-25-56)60-22-23-61-53(38-60)43-93-45-73(61)107-36-28-77(111)99-81(107)115)30-31-84(2,118)65-42-69-55(40-71(65)98-80(114)67-10-7-13-76(96-67)86(90,91)92)50-110(102-69)59-20-16-52(17-21-59)48-104(4)57-26-34-106(35-27-57)72-11-5-8-62-63(72)44-94-46-74(62)108-37-29-78(112)100-82(108)116/h5-13,22-23,38-46,49-52,56-59,117-118H,14-21,24-37,47-48H2,1-4H3,(H,97,113)(H,98,114)(H,99,111,115)(H,100,112,116). The molecule has 0 bridgehead atoms. The van der Waals surface area contributed by atoms with Crippen LogP contribution in [0.25, 0.3) is 43.4 Å². The number of halogens is 6. The summed E-state index contributed by atoms with van der Waals surface area (Å²) in [6.07, 6.45) is 11.6. The molecule has 26 nitrogen and oxygen atoms in total. The van der Waals surface area contributed by atoms with Gasteiger partial charge in [0, 0.05) is 168 Å². The van der Waals surface area contributed by atoms with Crippen LogP contribution in [0.15, 0.2) is 134 Å².